The van der Waals surface area contributed by atoms with Crippen LogP contribution < -0.4 is 5.73 Å². The first-order valence-electron chi connectivity index (χ1n) is 8.01. The first kappa shape index (κ1) is 12.9. The standard InChI is InChI=1S/C19H22N2/c20-18-9-3-6-15-11-12-21(13-17(15)18)19-10-4-7-14-5-1-2-8-16(14)19/h1-3,5-6,8-9,19H,4,7,10-13,20H2. The maximum atomic E-state index is 6.20. The number of hydrogen-bond acceptors (Lipinski definition) is 2. The van der Waals surface area contributed by atoms with Crippen LogP contribution in [0.25, 0.3) is 0 Å². The van der Waals surface area contributed by atoms with Crippen LogP contribution in [-0.4, -0.2) is 11.4 Å². The molecule has 0 fully saturated rings. The van der Waals surface area contributed by atoms with Gasteiger partial charge in [0.05, 0.1) is 0 Å². The SMILES string of the molecule is Nc1cccc2c1CN(C1CCCc3ccccc31)CC2. The Kier molecular flexibility index (Phi) is 3.19. The van der Waals surface area contributed by atoms with Gasteiger partial charge in [0.2, 0.25) is 0 Å². The lowest BCUT2D eigenvalue weighted by Gasteiger charge is -2.39. The summed E-state index contributed by atoms with van der Waals surface area (Å²) < 4.78 is 0. The number of fused-ring (bicyclic) bond motifs is 2. The van der Waals surface area contributed by atoms with Crippen molar-refractivity contribution in [2.75, 3.05) is 12.3 Å². The molecule has 1 aliphatic carbocycles. The molecule has 0 saturated heterocycles. The highest BCUT2D eigenvalue weighted by Gasteiger charge is 2.28. The van der Waals surface area contributed by atoms with Gasteiger partial charge in [-0.15, -0.1) is 0 Å². The van der Waals surface area contributed by atoms with Crippen LogP contribution in [0.4, 0.5) is 5.69 Å². The second kappa shape index (κ2) is 5.19. The van der Waals surface area contributed by atoms with Gasteiger partial charge in [0.25, 0.3) is 0 Å². The van der Waals surface area contributed by atoms with Crippen LogP contribution in [0.5, 0.6) is 0 Å². The zero-order valence-corrected chi connectivity index (χ0v) is 12.4. The normalized spacial score (nSPS) is 21.6. The van der Waals surface area contributed by atoms with Crippen LogP contribution >= 0.6 is 0 Å². The summed E-state index contributed by atoms with van der Waals surface area (Å²) in [4.78, 5) is 2.64. The van der Waals surface area contributed by atoms with Gasteiger partial charge in [-0.1, -0.05) is 36.4 Å². The summed E-state index contributed by atoms with van der Waals surface area (Å²) in [5, 5.41) is 0. The van der Waals surface area contributed by atoms with Crippen LogP contribution in [0, 0.1) is 0 Å². The molecule has 21 heavy (non-hydrogen) atoms. The van der Waals surface area contributed by atoms with E-state index >= 15 is 0 Å². The number of nitrogens with two attached hydrogens (primary N) is 1. The summed E-state index contributed by atoms with van der Waals surface area (Å²) in [6, 6.07) is 15.9. The van der Waals surface area contributed by atoms with E-state index in [0.717, 1.165) is 25.2 Å². The molecule has 1 aliphatic heterocycles. The molecule has 1 heterocycles. The number of nitrogens with zero attached hydrogens (tertiary/aromatic N) is 1. The van der Waals surface area contributed by atoms with Gasteiger partial charge in [0.15, 0.2) is 0 Å². The number of benzene rings is 2. The van der Waals surface area contributed by atoms with Crippen molar-refractivity contribution in [1.82, 2.24) is 4.90 Å². The van der Waals surface area contributed by atoms with Gasteiger partial charge in [0, 0.05) is 24.8 Å². The molecule has 0 saturated carbocycles. The fraction of sp³-hybridized carbons (Fsp3) is 0.368. The Balaban J connectivity index is 1.66. The highest BCUT2D eigenvalue weighted by Crippen LogP contribution is 2.37. The number of anilines is 1. The molecule has 4 rings (SSSR count). The molecule has 1 unspecified atom stereocenters. The lowest BCUT2D eigenvalue weighted by molar-refractivity contribution is 0.162. The number of rotatable bonds is 1. The molecule has 2 aromatic rings. The van der Waals surface area contributed by atoms with E-state index < -0.39 is 0 Å². The molecular weight excluding hydrogens is 256 g/mol. The topological polar surface area (TPSA) is 29.3 Å². The van der Waals surface area contributed by atoms with Gasteiger partial charge >= 0.3 is 0 Å². The molecule has 2 N–H and O–H groups in total. The first-order chi connectivity index (χ1) is 10.3. The summed E-state index contributed by atoms with van der Waals surface area (Å²) in [6.45, 7) is 2.15. The van der Waals surface area contributed by atoms with Crippen molar-refractivity contribution in [1.29, 1.82) is 0 Å². The molecule has 2 nitrogen and oxygen atoms in total. The van der Waals surface area contributed by atoms with E-state index in [-0.39, 0.29) is 0 Å². The molecule has 1 atom stereocenters. The zero-order chi connectivity index (χ0) is 14.2. The van der Waals surface area contributed by atoms with Gasteiger partial charge in [0.1, 0.15) is 0 Å². The fourth-order valence-corrected chi connectivity index (χ4v) is 4.00. The van der Waals surface area contributed by atoms with Crippen LogP contribution in [0.2, 0.25) is 0 Å². The summed E-state index contributed by atoms with van der Waals surface area (Å²) in [7, 11) is 0. The quantitative estimate of drug-likeness (QED) is 0.806. The van der Waals surface area contributed by atoms with E-state index in [1.807, 2.05) is 6.07 Å². The van der Waals surface area contributed by atoms with Crippen molar-refractivity contribution in [3.05, 3.63) is 64.7 Å². The van der Waals surface area contributed by atoms with E-state index in [1.54, 1.807) is 11.1 Å². The minimum atomic E-state index is 0.572. The van der Waals surface area contributed by atoms with Crippen molar-refractivity contribution >= 4 is 5.69 Å². The van der Waals surface area contributed by atoms with Gasteiger partial charge in [-0.3, -0.25) is 4.90 Å². The molecule has 2 aromatic carbocycles. The number of nitrogen functional groups attached to an aromatic ring is 1. The third-order valence-corrected chi connectivity index (χ3v) is 5.12. The number of hydrogen-bond donors (Lipinski definition) is 1. The molecule has 0 radical (unpaired) electrons. The van der Waals surface area contributed by atoms with Crippen molar-refractivity contribution in [3.8, 4) is 0 Å². The van der Waals surface area contributed by atoms with Gasteiger partial charge in [-0.05, 0) is 54.0 Å². The fourth-order valence-electron chi connectivity index (χ4n) is 4.00. The maximum Gasteiger partial charge on any atom is 0.0362 e. The summed E-state index contributed by atoms with van der Waals surface area (Å²) in [6.07, 6.45) is 4.94. The van der Waals surface area contributed by atoms with Crippen LogP contribution in [0.1, 0.15) is 41.1 Å². The molecular formula is C19H22N2. The van der Waals surface area contributed by atoms with E-state index in [2.05, 4.69) is 41.3 Å². The second-order valence-corrected chi connectivity index (χ2v) is 6.31. The van der Waals surface area contributed by atoms with Crippen molar-refractivity contribution in [2.45, 2.75) is 38.3 Å². The summed E-state index contributed by atoms with van der Waals surface area (Å²) in [5.74, 6) is 0. The highest BCUT2D eigenvalue weighted by molar-refractivity contribution is 5.52. The van der Waals surface area contributed by atoms with Gasteiger partial charge in [-0.2, -0.15) is 0 Å². The third kappa shape index (κ3) is 2.24. The average Bonchev–Trinajstić information content (AvgIpc) is 2.54. The molecule has 0 bridgehead atoms. The highest BCUT2D eigenvalue weighted by atomic mass is 15.2. The Labute approximate surface area is 126 Å². The third-order valence-electron chi connectivity index (χ3n) is 5.12. The Morgan fingerprint density at radius 2 is 1.81 bits per heavy atom. The Morgan fingerprint density at radius 1 is 0.952 bits per heavy atom. The maximum absolute atomic E-state index is 6.20. The Bertz CT molecular complexity index is 662. The van der Waals surface area contributed by atoms with Gasteiger partial charge in [-0.25, -0.2) is 0 Å². The van der Waals surface area contributed by atoms with Crippen molar-refractivity contribution in [3.63, 3.8) is 0 Å². The molecule has 0 amide bonds. The zero-order valence-electron chi connectivity index (χ0n) is 12.4. The monoisotopic (exact) mass is 278 g/mol. The predicted octanol–water partition coefficient (Wildman–Crippen LogP) is 3.70. The molecule has 2 heteroatoms. The molecule has 2 aliphatic rings. The molecule has 0 aromatic heterocycles. The molecule has 0 spiro atoms. The van der Waals surface area contributed by atoms with Gasteiger partial charge < -0.3 is 5.73 Å². The minimum absolute atomic E-state index is 0.572. The molecule has 108 valence electrons. The Morgan fingerprint density at radius 3 is 2.76 bits per heavy atom. The van der Waals surface area contributed by atoms with Crippen molar-refractivity contribution < 1.29 is 0 Å². The Hall–Kier alpha value is -1.80. The summed E-state index contributed by atoms with van der Waals surface area (Å²) in [5.41, 5.74) is 13.0. The van der Waals surface area contributed by atoms with Crippen LogP contribution in [-0.2, 0) is 19.4 Å². The van der Waals surface area contributed by atoms with E-state index in [9.17, 15) is 0 Å². The first-order valence-corrected chi connectivity index (χ1v) is 8.01. The number of aryl methyl sites for hydroxylation is 1. The average molecular weight is 278 g/mol. The second-order valence-electron chi connectivity index (χ2n) is 6.31. The van der Waals surface area contributed by atoms with Crippen LogP contribution in [0.15, 0.2) is 42.5 Å². The van der Waals surface area contributed by atoms with E-state index in [1.165, 1.54) is 30.4 Å². The van der Waals surface area contributed by atoms with Crippen molar-refractivity contribution in [2.24, 2.45) is 0 Å². The van der Waals surface area contributed by atoms with Crippen LogP contribution in [0.3, 0.4) is 0 Å². The van der Waals surface area contributed by atoms with E-state index in [4.69, 9.17) is 5.73 Å². The van der Waals surface area contributed by atoms with E-state index in [0.29, 0.717) is 6.04 Å². The smallest absolute Gasteiger partial charge is 0.0362 e. The minimum Gasteiger partial charge on any atom is -0.398 e. The predicted molar refractivity (Wildman–Crippen MR) is 87.1 cm³/mol. The lowest BCUT2D eigenvalue weighted by atomic mass is 9.85. The summed E-state index contributed by atoms with van der Waals surface area (Å²) >= 11 is 0. The largest absolute Gasteiger partial charge is 0.398 e. The lowest BCUT2D eigenvalue weighted by Crippen LogP contribution is -2.36.